The van der Waals surface area contributed by atoms with Crippen molar-refractivity contribution >= 4 is 11.8 Å². The Balaban J connectivity index is 2.25. The third-order valence-corrected chi connectivity index (χ3v) is 4.94. The minimum absolute atomic E-state index is 0.164. The quantitative estimate of drug-likeness (QED) is 0.868. The minimum atomic E-state index is -0.164. The summed E-state index contributed by atoms with van der Waals surface area (Å²) in [5, 5.41) is 3.38. The highest BCUT2D eigenvalue weighted by atomic mass is 32.2. The number of halogens is 1. The molecule has 3 heteroatoms. The summed E-state index contributed by atoms with van der Waals surface area (Å²) in [6.45, 7) is 2.30. The predicted octanol–water partition coefficient (Wildman–Crippen LogP) is 3.37. The van der Waals surface area contributed by atoms with Gasteiger partial charge in [0.15, 0.2) is 0 Å². The van der Waals surface area contributed by atoms with Gasteiger partial charge in [-0.25, -0.2) is 4.39 Å². The average molecular weight is 239 g/mol. The van der Waals surface area contributed by atoms with E-state index >= 15 is 0 Å². The third-order valence-electron chi connectivity index (χ3n) is 3.35. The van der Waals surface area contributed by atoms with E-state index < -0.39 is 0 Å². The zero-order chi connectivity index (χ0) is 11.6. The summed E-state index contributed by atoms with van der Waals surface area (Å²) in [7, 11) is 1.98. The molecular weight excluding hydrogens is 221 g/mol. The van der Waals surface area contributed by atoms with Gasteiger partial charge in [0.1, 0.15) is 5.82 Å². The maximum atomic E-state index is 12.9. The van der Waals surface area contributed by atoms with Crippen LogP contribution in [0.4, 0.5) is 4.39 Å². The van der Waals surface area contributed by atoms with E-state index in [1.54, 1.807) is 12.1 Å². The van der Waals surface area contributed by atoms with Crippen LogP contribution in [0.15, 0.2) is 24.3 Å². The van der Waals surface area contributed by atoms with Crippen molar-refractivity contribution in [1.82, 2.24) is 5.32 Å². The molecule has 1 N–H and O–H groups in total. The number of thioether (sulfide) groups is 1. The van der Waals surface area contributed by atoms with Gasteiger partial charge in [0.2, 0.25) is 0 Å². The van der Waals surface area contributed by atoms with E-state index in [1.807, 2.05) is 30.9 Å². The van der Waals surface area contributed by atoms with E-state index in [1.165, 1.54) is 24.2 Å². The lowest BCUT2D eigenvalue weighted by Crippen LogP contribution is -2.35. The van der Waals surface area contributed by atoms with Gasteiger partial charge in [-0.3, -0.25) is 0 Å². The number of nitrogens with one attached hydrogen (secondary N) is 1. The van der Waals surface area contributed by atoms with Crippen molar-refractivity contribution in [2.45, 2.75) is 30.6 Å². The molecule has 0 bridgehead atoms. The fraction of sp³-hybridized carbons (Fsp3) is 0.538. The standard InChI is InChI=1S/C13H18FNS/c1-13(8-3-9-16-13)12(15-2)10-4-6-11(14)7-5-10/h4-7,12,15H,3,8-9H2,1-2H3. The van der Waals surface area contributed by atoms with Crippen molar-refractivity contribution in [1.29, 1.82) is 0 Å². The first-order chi connectivity index (χ1) is 7.65. The minimum Gasteiger partial charge on any atom is -0.312 e. The van der Waals surface area contributed by atoms with E-state index in [2.05, 4.69) is 12.2 Å². The molecule has 2 unspecified atom stereocenters. The third kappa shape index (κ3) is 2.25. The molecule has 1 aromatic carbocycles. The first kappa shape index (κ1) is 11.9. The summed E-state index contributed by atoms with van der Waals surface area (Å²) in [6, 6.07) is 7.17. The smallest absolute Gasteiger partial charge is 0.123 e. The van der Waals surface area contributed by atoms with Gasteiger partial charge in [-0.15, -0.1) is 0 Å². The highest BCUT2D eigenvalue weighted by Crippen LogP contribution is 2.46. The van der Waals surface area contributed by atoms with Gasteiger partial charge in [0.05, 0.1) is 0 Å². The molecule has 0 amide bonds. The molecule has 1 aliphatic heterocycles. The van der Waals surface area contributed by atoms with Crippen molar-refractivity contribution < 1.29 is 4.39 Å². The van der Waals surface area contributed by atoms with E-state index in [9.17, 15) is 4.39 Å². The van der Waals surface area contributed by atoms with Gasteiger partial charge in [-0.2, -0.15) is 11.8 Å². The van der Waals surface area contributed by atoms with Crippen LogP contribution in [0.25, 0.3) is 0 Å². The second kappa shape index (κ2) is 4.76. The zero-order valence-electron chi connectivity index (χ0n) is 9.79. The first-order valence-electron chi connectivity index (χ1n) is 5.72. The van der Waals surface area contributed by atoms with Crippen LogP contribution >= 0.6 is 11.8 Å². The van der Waals surface area contributed by atoms with Crippen LogP contribution in [0.5, 0.6) is 0 Å². The number of hydrogen-bond acceptors (Lipinski definition) is 2. The second-order valence-electron chi connectivity index (χ2n) is 4.54. The Hall–Kier alpha value is -0.540. The van der Waals surface area contributed by atoms with E-state index in [-0.39, 0.29) is 10.6 Å². The highest BCUT2D eigenvalue weighted by molar-refractivity contribution is 8.00. The molecule has 2 rings (SSSR count). The van der Waals surface area contributed by atoms with Crippen LogP contribution in [0.3, 0.4) is 0 Å². The van der Waals surface area contributed by atoms with E-state index in [4.69, 9.17) is 0 Å². The second-order valence-corrected chi connectivity index (χ2v) is 6.17. The lowest BCUT2D eigenvalue weighted by molar-refractivity contribution is 0.440. The lowest BCUT2D eigenvalue weighted by Gasteiger charge is -2.33. The van der Waals surface area contributed by atoms with Crippen LogP contribution in [-0.4, -0.2) is 17.5 Å². The number of benzene rings is 1. The summed E-state index contributed by atoms with van der Waals surface area (Å²) in [6.07, 6.45) is 2.50. The van der Waals surface area contributed by atoms with E-state index in [0.29, 0.717) is 6.04 Å². The molecule has 0 aliphatic carbocycles. The Morgan fingerprint density at radius 3 is 2.56 bits per heavy atom. The van der Waals surface area contributed by atoms with Gasteiger partial charge in [-0.1, -0.05) is 12.1 Å². The maximum absolute atomic E-state index is 12.9. The molecular formula is C13H18FNS. The summed E-state index contributed by atoms with van der Waals surface area (Å²) >= 11 is 2.02. The first-order valence-corrected chi connectivity index (χ1v) is 6.71. The van der Waals surface area contributed by atoms with E-state index in [0.717, 1.165) is 0 Å². The molecule has 1 aromatic rings. The molecule has 1 fully saturated rings. The Morgan fingerprint density at radius 2 is 2.06 bits per heavy atom. The van der Waals surface area contributed by atoms with Gasteiger partial charge >= 0.3 is 0 Å². The highest BCUT2D eigenvalue weighted by Gasteiger charge is 2.37. The maximum Gasteiger partial charge on any atom is 0.123 e. The molecule has 88 valence electrons. The molecule has 0 aromatic heterocycles. The molecule has 0 spiro atoms. The summed E-state index contributed by atoms with van der Waals surface area (Å²) in [4.78, 5) is 0. The summed E-state index contributed by atoms with van der Waals surface area (Å²) in [5.74, 6) is 1.07. The van der Waals surface area contributed by atoms with Crippen LogP contribution in [0.2, 0.25) is 0 Å². The van der Waals surface area contributed by atoms with Gasteiger partial charge < -0.3 is 5.32 Å². The van der Waals surface area contributed by atoms with Crippen molar-refractivity contribution in [3.63, 3.8) is 0 Å². The van der Waals surface area contributed by atoms with Crippen molar-refractivity contribution in [2.75, 3.05) is 12.8 Å². The largest absolute Gasteiger partial charge is 0.312 e. The summed E-state index contributed by atoms with van der Waals surface area (Å²) < 4.78 is 13.1. The molecule has 0 saturated carbocycles. The number of rotatable bonds is 3. The Bertz CT molecular complexity index is 343. The topological polar surface area (TPSA) is 12.0 Å². The Labute approximate surface area is 101 Å². The number of hydrogen-bond donors (Lipinski definition) is 1. The van der Waals surface area contributed by atoms with Crippen LogP contribution in [0, 0.1) is 5.82 Å². The zero-order valence-corrected chi connectivity index (χ0v) is 10.6. The fourth-order valence-corrected chi connectivity index (χ4v) is 3.97. The molecule has 1 heterocycles. The average Bonchev–Trinajstić information content (AvgIpc) is 2.70. The van der Waals surface area contributed by atoms with Crippen molar-refractivity contribution in [3.05, 3.63) is 35.6 Å². The van der Waals surface area contributed by atoms with Crippen molar-refractivity contribution in [3.8, 4) is 0 Å². The lowest BCUT2D eigenvalue weighted by atomic mass is 9.90. The van der Waals surface area contributed by atoms with Crippen LogP contribution in [0.1, 0.15) is 31.4 Å². The van der Waals surface area contributed by atoms with Crippen LogP contribution < -0.4 is 5.32 Å². The fourth-order valence-electron chi connectivity index (χ4n) is 2.51. The molecule has 1 aliphatic rings. The van der Waals surface area contributed by atoms with Gasteiger partial charge in [0.25, 0.3) is 0 Å². The van der Waals surface area contributed by atoms with Gasteiger partial charge in [0, 0.05) is 10.8 Å². The molecule has 16 heavy (non-hydrogen) atoms. The van der Waals surface area contributed by atoms with Gasteiger partial charge in [-0.05, 0) is 50.3 Å². The monoisotopic (exact) mass is 239 g/mol. The normalized spacial score (nSPS) is 26.9. The van der Waals surface area contributed by atoms with Crippen molar-refractivity contribution in [2.24, 2.45) is 0 Å². The Kier molecular flexibility index (Phi) is 3.55. The molecule has 1 saturated heterocycles. The SMILES string of the molecule is CNC(c1ccc(F)cc1)C1(C)CCCS1. The van der Waals surface area contributed by atoms with Crippen LogP contribution in [-0.2, 0) is 0 Å². The molecule has 0 radical (unpaired) electrons. The molecule has 1 nitrogen and oxygen atoms in total. The predicted molar refractivity (Wildman–Crippen MR) is 68.3 cm³/mol. The Morgan fingerprint density at radius 1 is 1.38 bits per heavy atom. The summed E-state index contributed by atoms with van der Waals surface area (Å²) in [5.41, 5.74) is 1.18. The molecule has 2 atom stereocenters.